The molecule has 110 valence electrons. The maximum Gasteiger partial charge on any atom is 0.417 e. The summed E-state index contributed by atoms with van der Waals surface area (Å²) < 4.78 is 4.95. The molecule has 3 N–H and O–H groups in total. The van der Waals surface area contributed by atoms with Gasteiger partial charge in [-0.15, -0.1) is 0 Å². The van der Waals surface area contributed by atoms with E-state index in [1.165, 1.54) is 12.8 Å². The van der Waals surface area contributed by atoms with Crippen molar-refractivity contribution in [2.75, 3.05) is 11.9 Å². The van der Waals surface area contributed by atoms with E-state index in [1.54, 1.807) is 18.2 Å². The summed E-state index contributed by atoms with van der Waals surface area (Å²) in [6.45, 7) is 0.944. The Hall–Kier alpha value is -2.08. The molecule has 1 aliphatic heterocycles. The highest BCUT2D eigenvalue weighted by Crippen LogP contribution is 2.45. The van der Waals surface area contributed by atoms with Crippen LogP contribution in [0.4, 0.5) is 5.69 Å². The first-order valence-electron chi connectivity index (χ1n) is 7.33. The molecule has 1 unspecified atom stereocenters. The Kier molecular flexibility index (Phi) is 2.68. The summed E-state index contributed by atoms with van der Waals surface area (Å²) in [4.78, 5) is 26.2. The Morgan fingerprint density at radius 1 is 1.33 bits per heavy atom. The van der Waals surface area contributed by atoms with E-state index in [-0.39, 0.29) is 17.4 Å². The molecule has 1 aromatic heterocycles. The normalized spacial score (nSPS) is 23.3. The zero-order valence-electron chi connectivity index (χ0n) is 11.6. The van der Waals surface area contributed by atoms with Gasteiger partial charge in [-0.05, 0) is 31.0 Å². The number of aromatic nitrogens is 1. The molecule has 0 bridgehead atoms. The number of benzene rings is 1. The smallest absolute Gasteiger partial charge is 0.408 e. The van der Waals surface area contributed by atoms with Crippen LogP contribution in [0.1, 0.15) is 25.7 Å². The number of oxazole rings is 1. The van der Waals surface area contributed by atoms with Crippen molar-refractivity contribution < 1.29 is 9.21 Å². The second-order valence-corrected chi connectivity index (χ2v) is 6.10. The zero-order chi connectivity index (χ0) is 14.4. The fourth-order valence-corrected chi connectivity index (χ4v) is 3.65. The Morgan fingerprint density at radius 2 is 2.14 bits per heavy atom. The number of aromatic amines is 1. The molecule has 1 amide bonds. The van der Waals surface area contributed by atoms with Gasteiger partial charge in [-0.2, -0.15) is 0 Å². The Labute approximate surface area is 120 Å². The fourth-order valence-electron chi connectivity index (χ4n) is 3.65. The molecule has 6 nitrogen and oxygen atoms in total. The summed E-state index contributed by atoms with van der Waals surface area (Å²) in [6.07, 6.45) is 4.69. The molecular weight excluding hydrogens is 270 g/mol. The summed E-state index contributed by atoms with van der Waals surface area (Å²) >= 11 is 0. The third-order valence-electron chi connectivity index (χ3n) is 4.82. The Morgan fingerprint density at radius 3 is 2.86 bits per heavy atom. The van der Waals surface area contributed by atoms with Gasteiger partial charge in [-0.1, -0.05) is 12.8 Å². The van der Waals surface area contributed by atoms with Gasteiger partial charge >= 0.3 is 5.76 Å². The molecule has 21 heavy (non-hydrogen) atoms. The van der Waals surface area contributed by atoms with Gasteiger partial charge < -0.3 is 15.1 Å². The number of H-pyrrole nitrogens is 1. The predicted molar refractivity (Wildman–Crippen MR) is 78.2 cm³/mol. The molecule has 2 aromatic rings. The SMILES string of the molecule is O=C(Nc1ccc2oc(=O)[nH]c2c1)C1NCC12CCCC2. The number of carbonyl (C=O) groups is 1. The molecule has 2 heterocycles. The minimum Gasteiger partial charge on any atom is -0.408 e. The standard InChI is InChI=1S/C15H17N3O3/c19-13(12-15(8-16-12)5-1-2-6-15)17-9-3-4-11-10(7-9)18-14(20)21-11/h3-4,7,12,16H,1-2,5-6,8H2,(H,17,19)(H,18,20). The monoisotopic (exact) mass is 287 g/mol. The number of amides is 1. The number of anilines is 1. The van der Waals surface area contributed by atoms with E-state index in [0.717, 1.165) is 19.4 Å². The molecule has 1 saturated heterocycles. The average Bonchev–Trinajstić information content (AvgIpc) is 3.03. The molecule has 0 radical (unpaired) electrons. The van der Waals surface area contributed by atoms with Crippen LogP contribution in [-0.2, 0) is 4.79 Å². The maximum atomic E-state index is 12.4. The van der Waals surface area contributed by atoms with Crippen LogP contribution in [-0.4, -0.2) is 23.5 Å². The molecule has 2 fully saturated rings. The van der Waals surface area contributed by atoms with Crippen molar-refractivity contribution in [1.29, 1.82) is 0 Å². The van der Waals surface area contributed by atoms with Gasteiger partial charge in [0.25, 0.3) is 0 Å². The van der Waals surface area contributed by atoms with E-state index >= 15 is 0 Å². The third kappa shape index (κ3) is 1.98. The highest BCUT2D eigenvalue weighted by Gasteiger charge is 2.51. The topological polar surface area (TPSA) is 87.1 Å². The predicted octanol–water partition coefficient (Wildman–Crippen LogP) is 1.59. The molecule has 6 heteroatoms. The van der Waals surface area contributed by atoms with E-state index in [2.05, 4.69) is 15.6 Å². The third-order valence-corrected chi connectivity index (χ3v) is 4.82. The van der Waals surface area contributed by atoms with Crippen LogP contribution >= 0.6 is 0 Å². The van der Waals surface area contributed by atoms with E-state index in [4.69, 9.17) is 4.42 Å². The molecule has 1 saturated carbocycles. The lowest BCUT2D eigenvalue weighted by Crippen LogP contribution is -2.66. The van der Waals surface area contributed by atoms with Gasteiger partial charge in [0.1, 0.15) is 0 Å². The lowest BCUT2D eigenvalue weighted by atomic mass is 9.71. The second kappa shape index (κ2) is 4.46. The molecule has 1 atom stereocenters. The summed E-state index contributed by atoms with van der Waals surface area (Å²) in [6, 6.07) is 5.05. The van der Waals surface area contributed by atoms with Crippen molar-refractivity contribution >= 4 is 22.7 Å². The molecule has 2 aliphatic rings. The second-order valence-electron chi connectivity index (χ2n) is 6.10. The van der Waals surface area contributed by atoms with Crippen molar-refractivity contribution in [1.82, 2.24) is 10.3 Å². The van der Waals surface area contributed by atoms with Crippen LogP contribution in [0.2, 0.25) is 0 Å². The van der Waals surface area contributed by atoms with Gasteiger partial charge in [0, 0.05) is 17.6 Å². The van der Waals surface area contributed by atoms with Crippen LogP contribution < -0.4 is 16.4 Å². The summed E-state index contributed by atoms with van der Waals surface area (Å²) in [5.74, 6) is -0.479. The van der Waals surface area contributed by atoms with Crippen LogP contribution in [0.5, 0.6) is 0 Å². The molecule has 1 aromatic carbocycles. The van der Waals surface area contributed by atoms with Crippen LogP contribution in [0, 0.1) is 5.41 Å². The number of fused-ring (bicyclic) bond motifs is 1. The summed E-state index contributed by atoms with van der Waals surface area (Å²) in [5, 5.41) is 6.18. The maximum absolute atomic E-state index is 12.4. The number of hydrogen-bond acceptors (Lipinski definition) is 4. The van der Waals surface area contributed by atoms with Crippen molar-refractivity contribution in [3.8, 4) is 0 Å². The average molecular weight is 287 g/mol. The Bertz CT molecular complexity index is 755. The molecule has 1 spiro atoms. The highest BCUT2D eigenvalue weighted by molar-refractivity contribution is 5.97. The van der Waals surface area contributed by atoms with Gasteiger partial charge in [-0.25, -0.2) is 4.79 Å². The lowest BCUT2D eigenvalue weighted by molar-refractivity contribution is -0.125. The lowest BCUT2D eigenvalue weighted by Gasteiger charge is -2.47. The largest absolute Gasteiger partial charge is 0.417 e. The first-order chi connectivity index (χ1) is 10.2. The zero-order valence-corrected chi connectivity index (χ0v) is 11.6. The van der Waals surface area contributed by atoms with Crippen molar-refractivity contribution in [3.63, 3.8) is 0 Å². The van der Waals surface area contributed by atoms with Crippen molar-refractivity contribution in [3.05, 3.63) is 28.7 Å². The van der Waals surface area contributed by atoms with E-state index < -0.39 is 5.76 Å². The van der Waals surface area contributed by atoms with Crippen molar-refractivity contribution in [2.45, 2.75) is 31.7 Å². The van der Waals surface area contributed by atoms with Crippen LogP contribution in [0.25, 0.3) is 11.1 Å². The number of rotatable bonds is 2. The summed E-state index contributed by atoms with van der Waals surface area (Å²) in [7, 11) is 0. The minimum atomic E-state index is -0.487. The minimum absolute atomic E-state index is 0.00772. The van der Waals surface area contributed by atoms with E-state index in [0.29, 0.717) is 16.8 Å². The molecular formula is C15H17N3O3. The number of carbonyl (C=O) groups excluding carboxylic acids is 1. The van der Waals surface area contributed by atoms with E-state index in [1.807, 2.05) is 0 Å². The van der Waals surface area contributed by atoms with Crippen molar-refractivity contribution in [2.24, 2.45) is 5.41 Å². The molecule has 4 rings (SSSR count). The van der Waals surface area contributed by atoms with Crippen LogP contribution in [0.15, 0.2) is 27.4 Å². The van der Waals surface area contributed by atoms with Gasteiger partial charge in [0.2, 0.25) is 5.91 Å². The Balaban J connectivity index is 1.54. The van der Waals surface area contributed by atoms with E-state index in [9.17, 15) is 9.59 Å². The quantitative estimate of drug-likeness (QED) is 0.783. The number of hydrogen-bond donors (Lipinski definition) is 3. The van der Waals surface area contributed by atoms with Gasteiger partial charge in [-0.3, -0.25) is 9.78 Å². The number of nitrogens with one attached hydrogen (secondary N) is 3. The first-order valence-corrected chi connectivity index (χ1v) is 7.33. The highest BCUT2D eigenvalue weighted by atomic mass is 16.4. The molecule has 1 aliphatic carbocycles. The van der Waals surface area contributed by atoms with Gasteiger partial charge in [0.15, 0.2) is 5.58 Å². The first kappa shape index (κ1) is 12.6. The summed E-state index contributed by atoms with van der Waals surface area (Å²) in [5.41, 5.74) is 1.92. The van der Waals surface area contributed by atoms with Crippen LogP contribution in [0.3, 0.4) is 0 Å². The fraction of sp³-hybridized carbons (Fsp3) is 0.467. The van der Waals surface area contributed by atoms with Gasteiger partial charge in [0.05, 0.1) is 11.6 Å².